The quantitative estimate of drug-likeness (QED) is 0.621. The minimum Gasteiger partial charge on any atom is -0.439 e. The summed E-state index contributed by atoms with van der Waals surface area (Å²) in [5.74, 6) is -0.212. The van der Waals surface area contributed by atoms with Crippen molar-refractivity contribution in [3.8, 4) is 5.75 Å². The van der Waals surface area contributed by atoms with E-state index < -0.39 is 13.2 Å². The van der Waals surface area contributed by atoms with Gasteiger partial charge in [0, 0.05) is 11.3 Å². The molecule has 2 aliphatic rings. The Labute approximate surface area is 132 Å². The molecule has 0 heterocycles. The second-order valence-electron chi connectivity index (χ2n) is 6.75. The van der Waals surface area contributed by atoms with Crippen molar-refractivity contribution < 1.29 is 13.5 Å². The molecule has 1 aromatic carbocycles. The minimum atomic E-state index is -2.86. The first-order chi connectivity index (χ1) is 10.7. The van der Waals surface area contributed by atoms with Crippen LogP contribution in [0.15, 0.2) is 24.3 Å². The average molecular weight is 324 g/mol. The van der Waals surface area contributed by atoms with Crippen molar-refractivity contribution in [2.24, 2.45) is 0 Å². The standard InChI is InChI=1S/C18H26FO2P/c19-17-13-7-8-14-18(17)21-22(20,15-9-3-1-4-10-15)16-11-5-2-6-12-16/h7-8,13-16H,1-6,9-12H2. The van der Waals surface area contributed by atoms with E-state index in [1.807, 2.05) is 0 Å². The Kier molecular flexibility index (Phi) is 5.23. The Morgan fingerprint density at radius 3 is 1.86 bits per heavy atom. The molecule has 2 fully saturated rings. The molecule has 0 aliphatic heterocycles. The van der Waals surface area contributed by atoms with Crippen LogP contribution >= 0.6 is 7.37 Å². The van der Waals surface area contributed by atoms with Crippen molar-refractivity contribution in [3.63, 3.8) is 0 Å². The Bertz CT molecular complexity index is 512. The van der Waals surface area contributed by atoms with Crippen molar-refractivity contribution in [3.05, 3.63) is 30.1 Å². The molecule has 3 rings (SSSR count). The van der Waals surface area contributed by atoms with Gasteiger partial charge < -0.3 is 4.52 Å². The second-order valence-corrected chi connectivity index (χ2v) is 9.68. The summed E-state index contributed by atoms with van der Waals surface area (Å²) in [7, 11) is -2.86. The van der Waals surface area contributed by atoms with Crippen molar-refractivity contribution >= 4 is 7.37 Å². The number of benzene rings is 1. The number of halogens is 1. The van der Waals surface area contributed by atoms with E-state index in [1.165, 1.54) is 18.9 Å². The number of rotatable bonds is 4. The average Bonchev–Trinajstić information content (AvgIpc) is 2.58. The molecule has 122 valence electrons. The van der Waals surface area contributed by atoms with Gasteiger partial charge in [-0.2, -0.15) is 0 Å². The fourth-order valence-electron chi connectivity index (χ4n) is 4.00. The molecule has 0 aromatic heterocycles. The van der Waals surface area contributed by atoms with Crippen molar-refractivity contribution in [1.29, 1.82) is 0 Å². The van der Waals surface area contributed by atoms with Crippen LogP contribution < -0.4 is 4.52 Å². The molecule has 0 bridgehead atoms. The maximum atomic E-state index is 14.0. The topological polar surface area (TPSA) is 26.3 Å². The van der Waals surface area contributed by atoms with Gasteiger partial charge in [0.25, 0.3) is 7.37 Å². The zero-order valence-electron chi connectivity index (χ0n) is 13.2. The monoisotopic (exact) mass is 324 g/mol. The van der Waals surface area contributed by atoms with Gasteiger partial charge in [-0.3, -0.25) is 4.57 Å². The number of para-hydroxylation sites is 1. The summed E-state index contributed by atoms with van der Waals surface area (Å²) in [4.78, 5) is 0. The Balaban J connectivity index is 1.87. The summed E-state index contributed by atoms with van der Waals surface area (Å²) in [5, 5.41) is 0. The van der Waals surface area contributed by atoms with Crippen LogP contribution in [0.3, 0.4) is 0 Å². The first kappa shape index (κ1) is 16.1. The minimum absolute atomic E-state index is 0.129. The molecule has 0 unspecified atom stereocenters. The third-order valence-corrected chi connectivity index (χ3v) is 8.80. The van der Waals surface area contributed by atoms with Gasteiger partial charge in [0.1, 0.15) is 0 Å². The first-order valence-corrected chi connectivity index (χ1v) is 10.5. The Morgan fingerprint density at radius 1 is 0.864 bits per heavy atom. The lowest BCUT2D eigenvalue weighted by Gasteiger charge is -2.37. The number of hydrogen-bond donors (Lipinski definition) is 0. The summed E-state index contributed by atoms with van der Waals surface area (Å²) < 4.78 is 33.9. The third-order valence-electron chi connectivity index (χ3n) is 5.24. The Hall–Kier alpha value is -0.820. The van der Waals surface area contributed by atoms with Gasteiger partial charge in [0.15, 0.2) is 11.6 Å². The molecule has 2 saturated carbocycles. The Morgan fingerprint density at radius 2 is 1.36 bits per heavy atom. The maximum absolute atomic E-state index is 14.0. The van der Waals surface area contributed by atoms with Gasteiger partial charge in [-0.15, -0.1) is 0 Å². The summed E-state index contributed by atoms with van der Waals surface area (Å²) in [6, 6.07) is 6.41. The molecule has 0 N–H and O–H groups in total. The van der Waals surface area contributed by atoms with Crippen LogP contribution in [-0.4, -0.2) is 11.3 Å². The second kappa shape index (κ2) is 7.17. The highest BCUT2D eigenvalue weighted by Crippen LogP contribution is 2.63. The van der Waals surface area contributed by atoms with Gasteiger partial charge in [-0.05, 0) is 37.8 Å². The predicted molar refractivity (Wildman–Crippen MR) is 88.4 cm³/mol. The van der Waals surface area contributed by atoms with Gasteiger partial charge in [-0.25, -0.2) is 4.39 Å². The molecule has 4 heteroatoms. The molecule has 22 heavy (non-hydrogen) atoms. The van der Waals surface area contributed by atoms with E-state index in [1.54, 1.807) is 18.2 Å². The van der Waals surface area contributed by atoms with Crippen LogP contribution in [0, 0.1) is 5.82 Å². The summed E-state index contributed by atoms with van der Waals surface area (Å²) in [6.07, 6.45) is 10.9. The normalized spacial score (nSPS) is 21.7. The SMILES string of the molecule is O=P(Oc1ccccc1F)(C1CCCCC1)C1CCCCC1. The highest BCUT2D eigenvalue weighted by molar-refractivity contribution is 7.60. The van der Waals surface area contributed by atoms with E-state index in [2.05, 4.69) is 0 Å². The third kappa shape index (κ3) is 3.40. The molecule has 0 amide bonds. The molecule has 2 aliphatic carbocycles. The highest BCUT2D eigenvalue weighted by atomic mass is 31.2. The van der Waals surface area contributed by atoms with E-state index in [4.69, 9.17) is 4.52 Å². The molecular formula is C18H26FO2P. The molecule has 1 aromatic rings. The highest BCUT2D eigenvalue weighted by Gasteiger charge is 2.44. The van der Waals surface area contributed by atoms with Crippen molar-refractivity contribution in [2.45, 2.75) is 75.5 Å². The first-order valence-electron chi connectivity index (χ1n) is 8.73. The van der Waals surface area contributed by atoms with Gasteiger partial charge >= 0.3 is 0 Å². The van der Waals surface area contributed by atoms with Gasteiger partial charge in [0.05, 0.1) is 0 Å². The zero-order valence-corrected chi connectivity index (χ0v) is 14.1. The van der Waals surface area contributed by atoms with Gasteiger partial charge in [-0.1, -0.05) is 50.7 Å². The van der Waals surface area contributed by atoms with Crippen LogP contribution in [0.1, 0.15) is 64.2 Å². The van der Waals surface area contributed by atoms with Gasteiger partial charge in [0.2, 0.25) is 0 Å². The lowest BCUT2D eigenvalue weighted by molar-refractivity contribution is 0.382. The largest absolute Gasteiger partial charge is 0.439 e. The summed E-state index contributed by atoms with van der Waals surface area (Å²) in [5.41, 5.74) is 0.257. The van der Waals surface area contributed by atoms with E-state index in [0.29, 0.717) is 0 Å². The van der Waals surface area contributed by atoms with Crippen LogP contribution in [0.5, 0.6) is 5.75 Å². The summed E-state index contributed by atoms with van der Waals surface area (Å²) in [6.45, 7) is 0. The van der Waals surface area contributed by atoms with E-state index in [0.717, 1.165) is 51.4 Å². The van der Waals surface area contributed by atoms with Crippen LogP contribution in [-0.2, 0) is 4.57 Å². The van der Waals surface area contributed by atoms with E-state index in [-0.39, 0.29) is 17.1 Å². The molecule has 0 spiro atoms. The molecule has 0 saturated heterocycles. The molecule has 0 atom stereocenters. The van der Waals surface area contributed by atoms with Crippen LogP contribution in [0.2, 0.25) is 0 Å². The number of hydrogen-bond acceptors (Lipinski definition) is 2. The van der Waals surface area contributed by atoms with E-state index >= 15 is 0 Å². The van der Waals surface area contributed by atoms with Crippen molar-refractivity contribution in [2.75, 3.05) is 0 Å². The lowest BCUT2D eigenvalue weighted by atomic mass is 10.00. The predicted octanol–water partition coefficient (Wildman–Crippen LogP) is 6.15. The molecular weight excluding hydrogens is 298 g/mol. The van der Waals surface area contributed by atoms with Crippen LogP contribution in [0.4, 0.5) is 4.39 Å². The van der Waals surface area contributed by atoms with Crippen molar-refractivity contribution in [1.82, 2.24) is 0 Å². The lowest BCUT2D eigenvalue weighted by Crippen LogP contribution is -2.26. The fraction of sp³-hybridized carbons (Fsp3) is 0.667. The molecule has 2 nitrogen and oxygen atoms in total. The summed E-state index contributed by atoms with van der Waals surface area (Å²) >= 11 is 0. The van der Waals surface area contributed by atoms with Crippen LogP contribution in [0.25, 0.3) is 0 Å². The fourth-order valence-corrected chi connectivity index (χ4v) is 7.52. The maximum Gasteiger partial charge on any atom is 0.253 e. The smallest absolute Gasteiger partial charge is 0.253 e. The van der Waals surface area contributed by atoms with E-state index in [9.17, 15) is 8.96 Å². The zero-order chi connectivity index (χ0) is 15.4. The molecule has 0 radical (unpaired) electrons.